The van der Waals surface area contributed by atoms with Crippen molar-refractivity contribution in [3.05, 3.63) is 45.8 Å². The SMILES string of the molecule is Cc1cccc(Nc2ncnc(N3CCC(C)CC3)c2[N+](=O)[O-])c1C. The van der Waals surface area contributed by atoms with Crippen LogP contribution in [0.1, 0.15) is 30.9 Å². The fraction of sp³-hybridized carbons (Fsp3) is 0.444. The van der Waals surface area contributed by atoms with E-state index in [1.165, 1.54) is 6.33 Å². The van der Waals surface area contributed by atoms with E-state index in [4.69, 9.17) is 0 Å². The second-order valence-electron chi connectivity index (χ2n) is 6.69. The maximum Gasteiger partial charge on any atom is 0.353 e. The van der Waals surface area contributed by atoms with E-state index >= 15 is 0 Å². The number of aromatic nitrogens is 2. The maximum atomic E-state index is 11.8. The molecule has 0 unspecified atom stereocenters. The summed E-state index contributed by atoms with van der Waals surface area (Å²) in [5, 5.41) is 14.9. The number of hydrogen-bond acceptors (Lipinski definition) is 6. The van der Waals surface area contributed by atoms with Gasteiger partial charge in [-0.15, -0.1) is 0 Å². The van der Waals surface area contributed by atoms with Crippen molar-refractivity contribution in [1.29, 1.82) is 0 Å². The van der Waals surface area contributed by atoms with E-state index in [9.17, 15) is 10.1 Å². The molecule has 1 aromatic heterocycles. The molecule has 1 aliphatic rings. The Morgan fingerprint density at radius 2 is 1.96 bits per heavy atom. The number of nitro groups is 1. The van der Waals surface area contributed by atoms with Crippen LogP contribution in [0.4, 0.5) is 23.0 Å². The predicted octanol–water partition coefficient (Wildman–Crippen LogP) is 3.98. The summed E-state index contributed by atoms with van der Waals surface area (Å²) >= 11 is 0. The van der Waals surface area contributed by atoms with Gasteiger partial charge in [-0.05, 0) is 49.8 Å². The molecule has 2 heterocycles. The van der Waals surface area contributed by atoms with Crippen LogP contribution in [-0.2, 0) is 0 Å². The first-order valence-corrected chi connectivity index (χ1v) is 8.55. The van der Waals surface area contributed by atoms with Crippen molar-refractivity contribution in [3.63, 3.8) is 0 Å². The van der Waals surface area contributed by atoms with Crippen LogP contribution >= 0.6 is 0 Å². The summed E-state index contributed by atoms with van der Waals surface area (Å²) in [7, 11) is 0. The largest absolute Gasteiger partial charge is 0.353 e. The Labute approximate surface area is 147 Å². The lowest BCUT2D eigenvalue weighted by molar-refractivity contribution is -0.383. The third-order valence-corrected chi connectivity index (χ3v) is 4.93. The van der Waals surface area contributed by atoms with Gasteiger partial charge >= 0.3 is 5.69 Å². The Balaban J connectivity index is 1.98. The van der Waals surface area contributed by atoms with Crippen molar-refractivity contribution in [2.45, 2.75) is 33.6 Å². The Kier molecular flexibility index (Phi) is 4.83. The highest BCUT2D eigenvalue weighted by molar-refractivity contribution is 5.75. The van der Waals surface area contributed by atoms with Crippen LogP contribution in [0, 0.1) is 29.9 Å². The summed E-state index contributed by atoms with van der Waals surface area (Å²) in [6.07, 6.45) is 3.43. The van der Waals surface area contributed by atoms with E-state index in [2.05, 4.69) is 22.2 Å². The van der Waals surface area contributed by atoms with Gasteiger partial charge < -0.3 is 10.2 Å². The maximum absolute atomic E-state index is 11.8. The molecule has 2 aromatic rings. The van der Waals surface area contributed by atoms with Gasteiger partial charge in [0.15, 0.2) is 0 Å². The Hall–Kier alpha value is -2.70. The molecule has 0 atom stereocenters. The fourth-order valence-electron chi connectivity index (χ4n) is 3.09. The summed E-state index contributed by atoms with van der Waals surface area (Å²) in [5.41, 5.74) is 2.92. The molecular weight excluding hydrogens is 318 g/mol. The van der Waals surface area contributed by atoms with Gasteiger partial charge in [0.2, 0.25) is 11.6 Å². The molecule has 25 heavy (non-hydrogen) atoms. The average Bonchev–Trinajstić information content (AvgIpc) is 2.59. The molecule has 7 heteroatoms. The number of hydrogen-bond donors (Lipinski definition) is 1. The van der Waals surface area contributed by atoms with Crippen LogP contribution in [0.3, 0.4) is 0 Å². The van der Waals surface area contributed by atoms with Crippen LogP contribution in [0.5, 0.6) is 0 Å². The van der Waals surface area contributed by atoms with Crippen LogP contribution < -0.4 is 10.2 Å². The Morgan fingerprint density at radius 3 is 2.64 bits per heavy atom. The molecule has 0 spiro atoms. The highest BCUT2D eigenvalue weighted by Crippen LogP contribution is 2.36. The van der Waals surface area contributed by atoms with Crippen LogP contribution in [0.25, 0.3) is 0 Å². The van der Waals surface area contributed by atoms with Crippen molar-refractivity contribution in [3.8, 4) is 0 Å². The Morgan fingerprint density at radius 1 is 1.24 bits per heavy atom. The molecule has 7 nitrogen and oxygen atoms in total. The van der Waals surface area contributed by atoms with Crippen molar-refractivity contribution in [2.75, 3.05) is 23.3 Å². The number of nitrogens with zero attached hydrogens (tertiary/aromatic N) is 4. The van der Waals surface area contributed by atoms with Gasteiger partial charge in [-0.1, -0.05) is 19.1 Å². The van der Waals surface area contributed by atoms with E-state index in [1.54, 1.807) is 0 Å². The van der Waals surface area contributed by atoms with Gasteiger partial charge in [-0.3, -0.25) is 10.1 Å². The minimum Gasteiger partial charge on any atom is -0.351 e. The first-order chi connectivity index (χ1) is 12.0. The van der Waals surface area contributed by atoms with Crippen LogP contribution in [0.15, 0.2) is 24.5 Å². The van der Waals surface area contributed by atoms with Gasteiger partial charge in [0.1, 0.15) is 6.33 Å². The zero-order valence-corrected chi connectivity index (χ0v) is 14.8. The topological polar surface area (TPSA) is 84.2 Å². The molecule has 0 radical (unpaired) electrons. The zero-order chi connectivity index (χ0) is 18.0. The van der Waals surface area contributed by atoms with Gasteiger partial charge in [0.05, 0.1) is 4.92 Å². The van der Waals surface area contributed by atoms with Crippen molar-refractivity contribution in [1.82, 2.24) is 9.97 Å². The first-order valence-electron chi connectivity index (χ1n) is 8.55. The summed E-state index contributed by atoms with van der Waals surface area (Å²) in [6, 6.07) is 5.83. The molecular formula is C18H23N5O2. The molecule has 0 amide bonds. The predicted molar refractivity (Wildman–Crippen MR) is 98.5 cm³/mol. The monoisotopic (exact) mass is 341 g/mol. The number of nitrogens with one attached hydrogen (secondary N) is 1. The van der Waals surface area contributed by atoms with E-state index in [0.717, 1.165) is 42.7 Å². The lowest BCUT2D eigenvalue weighted by Gasteiger charge is -2.30. The minimum absolute atomic E-state index is 0.0574. The first kappa shape index (κ1) is 17.1. The molecule has 0 bridgehead atoms. The average molecular weight is 341 g/mol. The third kappa shape index (κ3) is 3.55. The standard InChI is InChI=1S/C18H23N5O2/c1-12-7-9-22(10-8-12)18-16(23(24)25)17(19-11-20-18)21-15-6-4-5-13(2)14(15)3/h4-6,11-12H,7-10H2,1-3H3,(H,19,20,21). The van der Waals surface area contributed by atoms with E-state index in [1.807, 2.05) is 36.9 Å². The molecule has 1 aliphatic heterocycles. The number of piperidine rings is 1. The van der Waals surface area contributed by atoms with Gasteiger partial charge in [-0.25, -0.2) is 9.97 Å². The summed E-state index contributed by atoms with van der Waals surface area (Å²) in [4.78, 5) is 21.7. The lowest BCUT2D eigenvalue weighted by Crippen LogP contribution is -2.34. The number of benzene rings is 1. The second kappa shape index (κ2) is 7.04. The van der Waals surface area contributed by atoms with Crippen LogP contribution in [-0.4, -0.2) is 28.0 Å². The number of anilines is 3. The fourth-order valence-corrected chi connectivity index (χ4v) is 3.09. The molecule has 1 aromatic carbocycles. The van der Waals surface area contributed by atoms with Crippen LogP contribution in [0.2, 0.25) is 0 Å². The minimum atomic E-state index is -0.388. The molecule has 3 rings (SSSR count). The van der Waals surface area contributed by atoms with Gasteiger partial charge in [0.25, 0.3) is 0 Å². The van der Waals surface area contributed by atoms with E-state index < -0.39 is 0 Å². The number of rotatable bonds is 4. The van der Waals surface area contributed by atoms with E-state index in [0.29, 0.717) is 11.7 Å². The smallest absolute Gasteiger partial charge is 0.351 e. The molecule has 1 fully saturated rings. The molecule has 0 saturated carbocycles. The highest BCUT2D eigenvalue weighted by atomic mass is 16.6. The van der Waals surface area contributed by atoms with Crippen molar-refractivity contribution < 1.29 is 4.92 Å². The summed E-state index contributed by atoms with van der Waals surface area (Å²) < 4.78 is 0. The molecule has 132 valence electrons. The number of aryl methyl sites for hydroxylation is 1. The molecule has 1 N–H and O–H groups in total. The molecule has 0 aliphatic carbocycles. The lowest BCUT2D eigenvalue weighted by atomic mass is 9.99. The van der Waals surface area contributed by atoms with E-state index in [-0.39, 0.29) is 16.4 Å². The Bertz CT molecular complexity index is 785. The molecule has 1 saturated heterocycles. The van der Waals surface area contributed by atoms with Gasteiger partial charge in [-0.2, -0.15) is 0 Å². The highest BCUT2D eigenvalue weighted by Gasteiger charge is 2.29. The zero-order valence-electron chi connectivity index (χ0n) is 14.8. The summed E-state index contributed by atoms with van der Waals surface area (Å²) in [6.45, 7) is 7.76. The van der Waals surface area contributed by atoms with Gasteiger partial charge in [0, 0.05) is 18.8 Å². The second-order valence-corrected chi connectivity index (χ2v) is 6.69. The quantitative estimate of drug-likeness (QED) is 0.669. The van der Waals surface area contributed by atoms with Crippen molar-refractivity contribution in [2.24, 2.45) is 5.92 Å². The van der Waals surface area contributed by atoms with Crippen molar-refractivity contribution >= 4 is 23.0 Å². The third-order valence-electron chi connectivity index (χ3n) is 4.93. The summed E-state index contributed by atoms with van der Waals surface area (Å²) in [5.74, 6) is 1.28. The normalized spacial score (nSPS) is 15.2.